The van der Waals surface area contributed by atoms with E-state index in [-0.39, 0.29) is 11.1 Å². The Kier molecular flexibility index (Phi) is 3.97. The van der Waals surface area contributed by atoms with Gasteiger partial charge < -0.3 is 4.74 Å². The van der Waals surface area contributed by atoms with Gasteiger partial charge in [0.2, 0.25) is 6.10 Å². The van der Waals surface area contributed by atoms with Crippen molar-refractivity contribution in [3.8, 4) is 0 Å². The van der Waals surface area contributed by atoms with Crippen LogP contribution in [0, 0.1) is 6.92 Å². The monoisotopic (exact) mass is 299 g/mol. The van der Waals surface area contributed by atoms with Crippen LogP contribution in [-0.2, 0) is 11.8 Å². The molecule has 0 spiro atoms. The third-order valence-electron chi connectivity index (χ3n) is 2.66. The summed E-state index contributed by atoms with van der Waals surface area (Å²) in [5.74, 6) is -1.09. The third-order valence-corrected chi connectivity index (χ3v) is 2.66. The minimum atomic E-state index is -4.73. The highest BCUT2D eigenvalue weighted by Crippen LogP contribution is 2.36. The maximum Gasteiger partial charge on any atom is 0.429 e. The zero-order chi connectivity index (χ0) is 15.6. The number of aryl methyl sites for hydroxylation is 2. The van der Waals surface area contributed by atoms with Crippen molar-refractivity contribution in [2.75, 3.05) is 0 Å². The van der Waals surface area contributed by atoms with Crippen LogP contribution in [0.15, 0.2) is 30.9 Å². The Labute approximate surface area is 118 Å². The zero-order valence-electron chi connectivity index (χ0n) is 11.3. The molecule has 2 heterocycles. The standard InChI is InChI=1S/C13H12F3N3O2/c1-8-3-9(5-17-4-8)12(20)21-11(13(14,15)16)10-6-18-19(2)7-10/h3-7,11H,1-2H3/t11-/m1/s1. The number of alkyl halides is 3. The summed E-state index contributed by atoms with van der Waals surface area (Å²) in [7, 11) is 1.48. The Bertz CT molecular complexity index is 652. The van der Waals surface area contributed by atoms with Gasteiger partial charge in [-0.15, -0.1) is 0 Å². The molecule has 112 valence electrons. The second kappa shape index (κ2) is 5.55. The van der Waals surface area contributed by atoms with Gasteiger partial charge in [-0.05, 0) is 18.6 Å². The van der Waals surface area contributed by atoms with Crippen molar-refractivity contribution in [3.63, 3.8) is 0 Å². The van der Waals surface area contributed by atoms with E-state index in [1.807, 2.05) is 0 Å². The maximum atomic E-state index is 13.0. The first kappa shape index (κ1) is 15.0. The van der Waals surface area contributed by atoms with Gasteiger partial charge in [0.05, 0.1) is 11.8 Å². The van der Waals surface area contributed by atoms with Gasteiger partial charge in [-0.1, -0.05) is 0 Å². The average Bonchev–Trinajstić information content (AvgIpc) is 2.80. The van der Waals surface area contributed by atoms with Crippen molar-refractivity contribution in [1.82, 2.24) is 14.8 Å². The predicted octanol–water partition coefficient (Wildman–Crippen LogP) is 2.58. The number of esters is 1. The molecule has 0 N–H and O–H groups in total. The summed E-state index contributed by atoms with van der Waals surface area (Å²) in [5.41, 5.74) is 0.376. The minimum absolute atomic E-state index is 0.0341. The summed E-state index contributed by atoms with van der Waals surface area (Å²) >= 11 is 0. The smallest absolute Gasteiger partial charge is 0.429 e. The number of ether oxygens (including phenoxy) is 1. The van der Waals surface area contributed by atoms with Crippen LogP contribution >= 0.6 is 0 Å². The second-order valence-electron chi connectivity index (χ2n) is 4.53. The lowest BCUT2D eigenvalue weighted by atomic mass is 10.2. The van der Waals surface area contributed by atoms with Crippen molar-refractivity contribution >= 4 is 5.97 Å². The van der Waals surface area contributed by atoms with E-state index in [2.05, 4.69) is 14.8 Å². The first-order chi connectivity index (χ1) is 9.77. The molecule has 5 nitrogen and oxygen atoms in total. The van der Waals surface area contributed by atoms with Gasteiger partial charge in [0.15, 0.2) is 0 Å². The van der Waals surface area contributed by atoms with E-state index in [4.69, 9.17) is 0 Å². The molecule has 0 aromatic carbocycles. The van der Waals surface area contributed by atoms with Crippen LogP contribution < -0.4 is 0 Å². The quantitative estimate of drug-likeness (QED) is 0.817. The number of aromatic nitrogens is 3. The van der Waals surface area contributed by atoms with Crippen LogP contribution in [-0.4, -0.2) is 26.9 Å². The fourth-order valence-electron chi connectivity index (χ4n) is 1.74. The number of halogens is 3. The van der Waals surface area contributed by atoms with Crippen molar-refractivity contribution in [2.24, 2.45) is 7.05 Å². The number of carbonyl (C=O) groups is 1. The van der Waals surface area contributed by atoms with Crippen molar-refractivity contribution in [3.05, 3.63) is 47.5 Å². The Morgan fingerprint density at radius 2 is 2.05 bits per heavy atom. The highest BCUT2D eigenvalue weighted by molar-refractivity contribution is 5.89. The third kappa shape index (κ3) is 3.59. The van der Waals surface area contributed by atoms with E-state index in [1.54, 1.807) is 6.92 Å². The topological polar surface area (TPSA) is 57.0 Å². The Morgan fingerprint density at radius 1 is 1.33 bits per heavy atom. The molecule has 0 radical (unpaired) electrons. The molecule has 8 heteroatoms. The number of nitrogens with zero attached hydrogens (tertiary/aromatic N) is 3. The highest BCUT2D eigenvalue weighted by Gasteiger charge is 2.45. The summed E-state index contributed by atoms with van der Waals surface area (Å²) in [5, 5.41) is 3.66. The van der Waals surface area contributed by atoms with E-state index in [1.165, 1.54) is 24.0 Å². The van der Waals surface area contributed by atoms with Crippen LogP contribution in [0.1, 0.15) is 27.6 Å². The predicted molar refractivity (Wildman–Crippen MR) is 66.4 cm³/mol. The fraction of sp³-hybridized carbons (Fsp3) is 0.308. The van der Waals surface area contributed by atoms with Crippen molar-refractivity contribution in [1.29, 1.82) is 0 Å². The van der Waals surface area contributed by atoms with Gasteiger partial charge in [0.25, 0.3) is 0 Å². The van der Waals surface area contributed by atoms with E-state index < -0.39 is 18.2 Å². The van der Waals surface area contributed by atoms with E-state index in [9.17, 15) is 18.0 Å². The molecule has 0 unspecified atom stereocenters. The van der Waals surface area contributed by atoms with Crippen molar-refractivity contribution in [2.45, 2.75) is 19.2 Å². The summed E-state index contributed by atoms with van der Waals surface area (Å²) in [4.78, 5) is 15.6. The Hall–Kier alpha value is -2.38. The van der Waals surface area contributed by atoms with Gasteiger partial charge in [-0.2, -0.15) is 18.3 Å². The molecule has 0 saturated carbocycles. The lowest BCUT2D eigenvalue weighted by Gasteiger charge is -2.19. The number of hydrogen-bond donors (Lipinski definition) is 0. The summed E-state index contributed by atoms with van der Waals surface area (Å²) in [6.45, 7) is 1.67. The Balaban J connectivity index is 2.26. The van der Waals surface area contributed by atoms with E-state index in [0.717, 1.165) is 18.6 Å². The molecule has 0 aliphatic heterocycles. The normalized spacial score (nSPS) is 13.0. The van der Waals surface area contributed by atoms with Crippen LogP contribution in [0.4, 0.5) is 13.2 Å². The maximum absolute atomic E-state index is 13.0. The van der Waals surface area contributed by atoms with E-state index >= 15 is 0 Å². The molecule has 21 heavy (non-hydrogen) atoms. The van der Waals surface area contributed by atoms with Crippen LogP contribution in [0.2, 0.25) is 0 Å². The summed E-state index contributed by atoms with van der Waals surface area (Å²) < 4.78 is 44.9. The highest BCUT2D eigenvalue weighted by atomic mass is 19.4. The van der Waals surface area contributed by atoms with Gasteiger partial charge in [0.1, 0.15) is 0 Å². The van der Waals surface area contributed by atoms with Gasteiger partial charge in [-0.3, -0.25) is 9.67 Å². The summed E-state index contributed by atoms with van der Waals surface area (Å²) in [6.07, 6.45) is -2.28. The van der Waals surface area contributed by atoms with Crippen LogP contribution in [0.25, 0.3) is 0 Å². The molecule has 1 atom stereocenters. The molecule has 0 fully saturated rings. The molecule has 2 rings (SSSR count). The minimum Gasteiger partial charge on any atom is -0.444 e. The molecule has 0 bridgehead atoms. The van der Waals surface area contributed by atoms with Crippen LogP contribution in [0.3, 0.4) is 0 Å². The molecule has 0 amide bonds. The molecule has 2 aromatic heterocycles. The fourth-order valence-corrected chi connectivity index (χ4v) is 1.74. The van der Waals surface area contributed by atoms with Gasteiger partial charge in [-0.25, -0.2) is 4.79 Å². The molecular formula is C13H12F3N3O2. The molecule has 2 aromatic rings. The SMILES string of the molecule is Cc1cncc(C(=O)O[C@H](c2cnn(C)c2)C(F)(F)F)c1. The first-order valence-electron chi connectivity index (χ1n) is 5.95. The first-order valence-corrected chi connectivity index (χ1v) is 5.95. The number of pyridine rings is 1. The molecule has 0 saturated heterocycles. The number of carbonyl (C=O) groups excluding carboxylic acids is 1. The van der Waals surface area contributed by atoms with Gasteiger partial charge in [0, 0.05) is 31.2 Å². The average molecular weight is 299 g/mol. The molecule has 0 aliphatic rings. The molecular weight excluding hydrogens is 287 g/mol. The number of rotatable bonds is 3. The lowest BCUT2D eigenvalue weighted by Crippen LogP contribution is -2.26. The Morgan fingerprint density at radius 3 is 2.57 bits per heavy atom. The second-order valence-corrected chi connectivity index (χ2v) is 4.53. The van der Waals surface area contributed by atoms with Crippen LogP contribution in [0.5, 0.6) is 0 Å². The number of hydrogen-bond acceptors (Lipinski definition) is 4. The van der Waals surface area contributed by atoms with Crippen molar-refractivity contribution < 1.29 is 22.7 Å². The lowest BCUT2D eigenvalue weighted by molar-refractivity contribution is -0.207. The molecule has 0 aliphatic carbocycles. The largest absolute Gasteiger partial charge is 0.444 e. The summed E-state index contributed by atoms with van der Waals surface area (Å²) in [6, 6.07) is 1.41. The zero-order valence-corrected chi connectivity index (χ0v) is 11.3. The van der Waals surface area contributed by atoms with Gasteiger partial charge >= 0.3 is 12.1 Å². The van der Waals surface area contributed by atoms with E-state index in [0.29, 0.717) is 5.56 Å².